The van der Waals surface area contributed by atoms with E-state index in [1.165, 1.54) is 12.2 Å². The van der Waals surface area contributed by atoms with E-state index in [0.717, 1.165) is 6.92 Å². The summed E-state index contributed by atoms with van der Waals surface area (Å²) >= 11 is 12.2. The number of carbonyl (C=O) groups excluding carboxylic acids is 2. The molecule has 1 aromatic carbocycles. The molecule has 0 heterocycles. The van der Waals surface area contributed by atoms with Gasteiger partial charge in [-0.2, -0.15) is 13.2 Å². The van der Waals surface area contributed by atoms with Crippen LogP contribution in [0.2, 0.25) is 5.02 Å². The van der Waals surface area contributed by atoms with Crippen LogP contribution in [-0.4, -0.2) is 24.7 Å². The molecule has 4 nitrogen and oxygen atoms in total. The van der Waals surface area contributed by atoms with E-state index >= 15 is 0 Å². The fraction of sp³-hybridized carbons (Fsp3) is 0.500. The first-order valence-corrected chi connectivity index (χ1v) is 11.4. The standard InChI is InChI=1S/C24H28Cl2F3NO3/c1-5-33-20(31)13-23(3,4)16-8-11-18(26)19(12-16)30-22(32)21(14(2)24(27,28)29)15-6-9-17(25)10-7-15/h6,8-12,14-15,21H,5,7,13H2,1-4H3,(H,30,32)/t14-,15?,21+/m1/s1. The molecule has 0 saturated heterocycles. The molecule has 3 atom stereocenters. The largest absolute Gasteiger partial charge is 0.466 e. The Balaban J connectivity index is 2.32. The number of amides is 1. The van der Waals surface area contributed by atoms with Crippen LogP contribution in [0.3, 0.4) is 0 Å². The van der Waals surface area contributed by atoms with Gasteiger partial charge in [0.1, 0.15) is 0 Å². The molecular weight excluding hydrogens is 478 g/mol. The monoisotopic (exact) mass is 505 g/mol. The van der Waals surface area contributed by atoms with Gasteiger partial charge in [-0.05, 0) is 43.0 Å². The normalized spacial score (nSPS) is 18.3. The van der Waals surface area contributed by atoms with Crippen molar-refractivity contribution in [2.45, 2.75) is 52.1 Å². The van der Waals surface area contributed by atoms with Gasteiger partial charge in [0.2, 0.25) is 5.91 Å². The van der Waals surface area contributed by atoms with E-state index in [2.05, 4.69) is 5.32 Å². The SMILES string of the molecule is CCOC(=O)CC(C)(C)c1ccc(Cl)c(NC(=O)[C@H](C2C=CC(Cl)=CC2)[C@@H](C)C(F)(F)F)c1. The quantitative estimate of drug-likeness (QED) is 0.386. The summed E-state index contributed by atoms with van der Waals surface area (Å²) in [4.78, 5) is 25.1. The number of ether oxygens (including phenoxy) is 1. The van der Waals surface area contributed by atoms with Crippen LogP contribution in [0, 0.1) is 17.8 Å². The molecule has 0 aliphatic heterocycles. The van der Waals surface area contributed by atoms with Gasteiger partial charge < -0.3 is 10.1 Å². The Labute approximate surface area is 202 Å². The van der Waals surface area contributed by atoms with Crippen LogP contribution >= 0.6 is 23.2 Å². The van der Waals surface area contributed by atoms with E-state index in [4.69, 9.17) is 27.9 Å². The van der Waals surface area contributed by atoms with Crippen LogP contribution in [0.1, 0.15) is 46.1 Å². The predicted octanol–water partition coefficient (Wildman–Crippen LogP) is 7.02. The van der Waals surface area contributed by atoms with Crippen molar-refractivity contribution in [1.29, 1.82) is 0 Å². The van der Waals surface area contributed by atoms with E-state index in [-0.39, 0.29) is 36.1 Å². The Morgan fingerprint density at radius 1 is 1.24 bits per heavy atom. The molecule has 1 aliphatic rings. The minimum Gasteiger partial charge on any atom is -0.466 e. The topological polar surface area (TPSA) is 55.4 Å². The van der Waals surface area contributed by atoms with Gasteiger partial charge in [0.15, 0.2) is 0 Å². The summed E-state index contributed by atoms with van der Waals surface area (Å²) in [5, 5.41) is 3.19. The van der Waals surface area contributed by atoms with Crippen molar-refractivity contribution in [3.8, 4) is 0 Å². The summed E-state index contributed by atoms with van der Waals surface area (Å²) in [6.07, 6.45) is 0.382. The van der Waals surface area contributed by atoms with Crippen LogP contribution in [-0.2, 0) is 19.7 Å². The summed E-state index contributed by atoms with van der Waals surface area (Å²) in [5.41, 5.74) is 0.217. The average molecular weight is 506 g/mol. The summed E-state index contributed by atoms with van der Waals surface area (Å²) in [5.74, 6) is -5.11. The van der Waals surface area contributed by atoms with Gasteiger partial charge in [-0.3, -0.25) is 9.59 Å². The molecule has 0 radical (unpaired) electrons. The number of halogens is 5. The Bertz CT molecular complexity index is 941. The smallest absolute Gasteiger partial charge is 0.392 e. The van der Waals surface area contributed by atoms with E-state index in [0.29, 0.717) is 10.6 Å². The fourth-order valence-electron chi connectivity index (χ4n) is 3.81. The molecule has 0 fully saturated rings. The maximum absolute atomic E-state index is 13.6. The molecule has 182 valence electrons. The predicted molar refractivity (Wildman–Crippen MR) is 124 cm³/mol. The molecule has 2 rings (SSSR count). The molecule has 0 aromatic heterocycles. The lowest BCUT2D eigenvalue weighted by Crippen LogP contribution is -2.40. The molecule has 1 aliphatic carbocycles. The Morgan fingerprint density at radius 2 is 1.91 bits per heavy atom. The number of anilines is 1. The third kappa shape index (κ3) is 7.24. The lowest BCUT2D eigenvalue weighted by molar-refractivity contribution is -0.188. The second-order valence-corrected chi connectivity index (χ2v) is 9.60. The van der Waals surface area contributed by atoms with Gasteiger partial charge >= 0.3 is 12.1 Å². The minimum absolute atomic E-state index is 0.0869. The molecule has 1 amide bonds. The molecule has 1 unspecified atom stereocenters. The number of hydrogen-bond donors (Lipinski definition) is 1. The molecule has 1 aromatic rings. The molecule has 0 saturated carbocycles. The lowest BCUT2D eigenvalue weighted by atomic mass is 9.78. The number of benzene rings is 1. The van der Waals surface area contributed by atoms with E-state index in [9.17, 15) is 22.8 Å². The van der Waals surface area contributed by atoms with Gasteiger partial charge in [0, 0.05) is 10.4 Å². The number of alkyl halides is 3. The highest BCUT2D eigenvalue weighted by Crippen LogP contribution is 2.40. The van der Waals surface area contributed by atoms with Crippen molar-refractivity contribution < 1.29 is 27.5 Å². The zero-order valence-corrected chi connectivity index (χ0v) is 20.4. The first-order chi connectivity index (χ1) is 15.3. The van der Waals surface area contributed by atoms with Gasteiger partial charge in [-0.25, -0.2) is 0 Å². The Hall–Kier alpha value is -1.99. The second kappa shape index (κ2) is 11.0. The third-order valence-corrected chi connectivity index (χ3v) is 6.41. The molecule has 0 bridgehead atoms. The highest BCUT2D eigenvalue weighted by molar-refractivity contribution is 6.33. The summed E-state index contributed by atoms with van der Waals surface area (Å²) < 4.78 is 45.8. The number of esters is 1. The van der Waals surface area contributed by atoms with Crippen LogP contribution in [0.25, 0.3) is 0 Å². The minimum atomic E-state index is -4.56. The first-order valence-electron chi connectivity index (χ1n) is 10.6. The maximum atomic E-state index is 13.6. The van der Waals surface area contributed by atoms with Crippen molar-refractivity contribution in [2.75, 3.05) is 11.9 Å². The fourth-order valence-corrected chi connectivity index (χ4v) is 4.13. The highest BCUT2D eigenvalue weighted by Gasteiger charge is 2.47. The summed E-state index contributed by atoms with van der Waals surface area (Å²) in [6, 6.07) is 4.84. The van der Waals surface area contributed by atoms with Crippen molar-refractivity contribution in [3.63, 3.8) is 0 Å². The van der Waals surface area contributed by atoms with Crippen molar-refractivity contribution in [3.05, 3.63) is 52.0 Å². The number of carbonyl (C=O) groups is 2. The van der Waals surface area contributed by atoms with Crippen molar-refractivity contribution >= 4 is 40.8 Å². The van der Waals surface area contributed by atoms with Gasteiger partial charge in [-0.15, -0.1) is 0 Å². The lowest BCUT2D eigenvalue weighted by Gasteiger charge is -2.31. The molecular formula is C24H28Cl2F3NO3. The maximum Gasteiger partial charge on any atom is 0.392 e. The average Bonchev–Trinajstić information content (AvgIpc) is 2.70. The van der Waals surface area contributed by atoms with E-state index < -0.39 is 35.3 Å². The molecule has 0 spiro atoms. The first kappa shape index (κ1) is 27.3. The Morgan fingerprint density at radius 3 is 2.45 bits per heavy atom. The van der Waals surface area contributed by atoms with Gasteiger partial charge in [-0.1, -0.05) is 62.2 Å². The number of hydrogen-bond acceptors (Lipinski definition) is 3. The number of rotatable bonds is 8. The number of nitrogens with one attached hydrogen (secondary N) is 1. The summed E-state index contributed by atoms with van der Waals surface area (Å²) in [6.45, 7) is 6.63. The zero-order chi connectivity index (χ0) is 25.0. The third-order valence-electron chi connectivity index (χ3n) is 5.80. The van der Waals surface area contributed by atoms with Crippen LogP contribution < -0.4 is 5.32 Å². The van der Waals surface area contributed by atoms with Gasteiger partial charge in [0.25, 0.3) is 0 Å². The second-order valence-electron chi connectivity index (χ2n) is 8.75. The van der Waals surface area contributed by atoms with Crippen LogP contribution in [0.15, 0.2) is 41.5 Å². The molecule has 9 heteroatoms. The molecule has 1 N–H and O–H groups in total. The zero-order valence-electron chi connectivity index (χ0n) is 18.9. The van der Waals surface area contributed by atoms with Gasteiger partial charge in [0.05, 0.1) is 35.6 Å². The highest BCUT2D eigenvalue weighted by atomic mass is 35.5. The van der Waals surface area contributed by atoms with Crippen molar-refractivity contribution in [2.24, 2.45) is 17.8 Å². The van der Waals surface area contributed by atoms with E-state index in [1.54, 1.807) is 31.2 Å². The summed E-state index contributed by atoms with van der Waals surface area (Å²) in [7, 11) is 0. The number of allylic oxidation sites excluding steroid dienone is 4. The van der Waals surface area contributed by atoms with Crippen molar-refractivity contribution in [1.82, 2.24) is 0 Å². The van der Waals surface area contributed by atoms with E-state index in [1.807, 2.05) is 13.8 Å². The van der Waals surface area contributed by atoms with Crippen LogP contribution in [0.4, 0.5) is 18.9 Å². The van der Waals surface area contributed by atoms with Crippen LogP contribution in [0.5, 0.6) is 0 Å². The molecule has 33 heavy (non-hydrogen) atoms. The Kier molecular flexibility index (Phi) is 9.05.